The van der Waals surface area contributed by atoms with Crippen LogP contribution in [0.2, 0.25) is 10.0 Å². The lowest BCUT2D eigenvalue weighted by atomic mass is 10.3. The summed E-state index contributed by atoms with van der Waals surface area (Å²) in [5.74, 6) is 0. The third-order valence-corrected chi connectivity index (χ3v) is 4.69. The summed E-state index contributed by atoms with van der Waals surface area (Å²) in [6.45, 7) is 2.06. The molecule has 3 rings (SSSR count). The third-order valence-electron chi connectivity index (χ3n) is 4.22. The summed E-state index contributed by atoms with van der Waals surface area (Å²) >= 11 is 11.9. The van der Waals surface area contributed by atoms with E-state index in [-0.39, 0.29) is 12.1 Å². The van der Waals surface area contributed by atoms with E-state index in [2.05, 4.69) is 10.6 Å². The number of urea groups is 2. The van der Waals surface area contributed by atoms with Crippen LogP contribution in [0, 0.1) is 0 Å². The van der Waals surface area contributed by atoms with E-state index in [0.717, 1.165) is 0 Å². The zero-order valence-corrected chi connectivity index (χ0v) is 16.1. The topological polar surface area (TPSA) is 64.7 Å². The van der Waals surface area contributed by atoms with E-state index >= 15 is 0 Å². The second kappa shape index (κ2) is 8.97. The van der Waals surface area contributed by atoms with Crippen LogP contribution in [-0.4, -0.2) is 48.0 Å². The molecule has 2 aromatic carbocycles. The zero-order chi connectivity index (χ0) is 19.2. The molecule has 0 unspecified atom stereocenters. The summed E-state index contributed by atoms with van der Waals surface area (Å²) in [7, 11) is 0. The van der Waals surface area contributed by atoms with E-state index in [4.69, 9.17) is 23.2 Å². The molecule has 0 radical (unpaired) electrons. The van der Waals surface area contributed by atoms with Gasteiger partial charge < -0.3 is 20.4 Å². The first-order valence-electron chi connectivity index (χ1n) is 8.64. The van der Waals surface area contributed by atoms with Crippen LogP contribution in [0.3, 0.4) is 0 Å². The molecule has 1 saturated heterocycles. The lowest BCUT2D eigenvalue weighted by molar-refractivity contribution is 0.205. The largest absolute Gasteiger partial charge is 0.323 e. The molecule has 0 aromatic heterocycles. The molecule has 142 valence electrons. The van der Waals surface area contributed by atoms with E-state index in [0.29, 0.717) is 54.0 Å². The number of hydrogen-bond donors (Lipinski definition) is 2. The van der Waals surface area contributed by atoms with Gasteiger partial charge in [-0.2, -0.15) is 0 Å². The fraction of sp³-hybridized carbons (Fsp3) is 0.263. The second-order valence-corrected chi connectivity index (χ2v) is 7.08. The molecule has 0 aliphatic carbocycles. The Labute approximate surface area is 168 Å². The average Bonchev–Trinajstić information content (AvgIpc) is 2.88. The monoisotopic (exact) mass is 406 g/mol. The Balaban J connectivity index is 1.55. The Hall–Kier alpha value is -2.44. The van der Waals surface area contributed by atoms with Crippen molar-refractivity contribution in [3.05, 3.63) is 58.6 Å². The number of nitrogens with zero attached hydrogens (tertiary/aromatic N) is 2. The van der Waals surface area contributed by atoms with Crippen LogP contribution in [0.25, 0.3) is 0 Å². The quantitative estimate of drug-likeness (QED) is 0.754. The first-order chi connectivity index (χ1) is 13.0. The molecule has 4 amide bonds. The molecule has 6 nitrogen and oxygen atoms in total. The third kappa shape index (κ3) is 5.52. The Bertz CT molecular complexity index is 763. The highest BCUT2D eigenvalue weighted by Crippen LogP contribution is 2.17. The molecule has 2 aromatic rings. The standard InChI is InChI=1S/C19H20Cl2N4O2/c20-14-4-1-6-16(12-14)22-18(26)24-8-3-9-25(11-10-24)19(27)23-17-7-2-5-15(21)13-17/h1-2,4-7,12-13H,3,8-11H2,(H,22,26)(H,23,27). The van der Waals surface area contributed by atoms with Crippen LogP contribution in [-0.2, 0) is 0 Å². The van der Waals surface area contributed by atoms with Crippen LogP contribution in [0.1, 0.15) is 6.42 Å². The maximum Gasteiger partial charge on any atom is 0.321 e. The molecule has 1 aliphatic rings. The lowest BCUT2D eigenvalue weighted by Crippen LogP contribution is -2.40. The molecule has 0 spiro atoms. The van der Waals surface area contributed by atoms with Crippen LogP contribution < -0.4 is 10.6 Å². The molecule has 1 fully saturated rings. The summed E-state index contributed by atoms with van der Waals surface area (Å²) in [6.07, 6.45) is 0.700. The van der Waals surface area contributed by atoms with Gasteiger partial charge in [-0.1, -0.05) is 35.3 Å². The Kier molecular flexibility index (Phi) is 6.42. The lowest BCUT2D eigenvalue weighted by Gasteiger charge is -2.23. The smallest absolute Gasteiger partial charge is 0.321 e. The molecule has 1 heterocycles. The highest BCUT2D eigenvalue weighted by Gasteiger charge is 2.22. The highest BCUT2D eigenvalue weighted by atomic mass is 35.5. The summed E-state index contributed by atoms with van der Waals surface area (Å²) in [6, 6.07) is 13.6. The molecular formula is C19H20Cl2N4O2. The minimum atomic E-state index is -0.200. The fourth-order valence-corrected chi connectivity index (χ4v) is 3.24. The molecule has 0 saturated carbocycles. The minimum Gasteiger partial charge on any atom is -0.323 e. The SMILES string of the molecule is O=C(Nc1cccc(Cl)c1)N1CCCN(C(=O)Nc2cccc(Cl)c2)CC1. The molecule has 8 heteroatoms. The average molecular weight is 407 g/mol. The maximum atomic E-state index is 12.5. The van der Waals surface area contributed by atoms with Gasteiger partial charge in [0.1, 0.15) is 0 Å². The van der Waals surface area contributed by atoms with Crippen molar-refractivity contribution in [2.75, 3.05) is 36.8 Å². The van der Waals surface area contributed by atoms with Gasteiger partial charge in [-0.25, -0.2) is 9.59 Å². The zero-order valence-electron chi connectivity index (χ0n) is 14.6. The molecule has 2 N–H and O–H groups in total. The highest BCUT2D eigenvalue weighted by molar-refractivity contribution is 6.31. The van der Waals surface area contributed by atoms with Gasteiger partial charge in [0.05, 0.1) is 0 Å². The van der Waals surface area contributed by atoms with Gasteiger partial charge in [-0.3, -0.25) is 0 Å². The molecular weight excluding hydrogens is 387 g/mol. The number of benzene rings is 2. The first kappa shape index (κ1) is 19.3. The van der Waals surface area contributed by atoms with E-state index in [1.54, 1.807) is 58.3 Å². The van der Waals surface area contributed by atoms with Crippen LogP contribution in [0.4, 0.5) is 21.0 Å². The van der Waals surface area contributed by atoms with Gasteiger partial charge in [0.25, 0.3) is 0 Å². The number of carbonyl (C=O) groups is 2. The van der Waals surface area contributed by atoms with Crippen molar-refractivity contribution in [2.45, 2.75) is 6.42 Å². The fourth-order valence-electron chi connectivity index (χ4n) is 2.86. The van der Waals surface area contributed by atoms with Gasteiger partial charge in [0.2, 0.25) is 0 Å². The van der Waals surface area contributed by atoms with Crippen molar-refractivity contribution < 1.29 is 9.59 Å². The summed E-state index contributed by atoms with van der Waals surface area (Å²) in [5, 5.41) is 6.80. The van der Waals surface area contributed by atoms with Gasteiger partial charge in [0, 0.05) is 47.6 Å². The molecule has 27 heavy (non-hydrogen) atoms. The number of anilines is 2. The number of halogens is 2. The van der Waals surface area contributed by atoms with Crippen molar-refractivity contribution in [3.8, 4) is 0 Å². The van der Waals surface area contributed by atoms with Gasteiger partial charge in [-0.15, -0.1) is 0 Å². The van der Waals surface area contributed by atoms with Crippen LogP contribution >= 0.6 is 23.2 Å². The van der Waals surface area contributed by atoms with E-state index in [9.17, 15) is 9.59 Å². The Morgan fingerprint density at radius 3 is 1.59 bits per heavy atom. The van der Waals surface area contributed by atoms with Crippen molar-refractivity contribution in [1.29, 1.82) is 0 Å². The van der Waals surface area contributed by atoms with Gasteiger partial charge >= 0.3 is 12.1 Å². The normalized spacial score (nSPS) is 14.4. The maximum absolute atomic E-state index is 12.5. The number of amides is 4. The number of nitrogens with one attached hydrogen (secondary N) is 2. The van der Waals surface area contributed by atoms with Crippen molar-refractivity contribution in [1.82, 2.24) is 9.80 Å². The number of hydrogen-bond acceptors (Lipinski definition) is 2. The second-order valence-electron chi connectivity index (χ2n) is 6.21. The van der Waals surface area contributed by atoms with Gasteiger partial charge in [0.15, 0.2) is 0 Å². The summed E-state index contributed by atoms with van der Waals surface area (Å²) in [5.41, 5.74) is 1.29. The molecule has 0 bridgehead atoms. The Morgan fingerprint density at radius 2 is 1.19 bits per heavy atom. The van der Waals surface area contributed by atoms with E-state index in [1.807, 2.05) is 0 Å². The van der Waals surface area contributed by atoms with Crippen molar-refractivity contribution in [3.63, 3.8) is 0 Å². The van der Waals surface area contributed by atoms with Crippen molar-refractivity contribution >= 4 is 46.6 Å². The van der Waals surface area contributed by atoms with Crippen molar-refractivity contribution in [2.24, 2.45) is 0 Å². The van der Waals surface area contributed by atoms with Crippen LogP contribution in [0.5, 0.6) is 0 Å². The molecule has 0 atom stereocenters. The Morgan fingerprint density at radius 1 is 0.741 bits per heavy atom. The van der Waals surface area contributed by atoms with Crippen LogP contribution in [0.15, 0.2) is 48.5 Å². The van der Waals surface area contributed by atoms with E-state index in [1.165, 1.54) is 0 Å². The summed E-state index contributed by atoms with van der Waals surface area (Å²) in [4.78, 5) is 28.4. The predicted molar refractivity (Wildman–Crippen MR) is 109 cm³/mol. The minimum absolute atomic E-state index is 0.200. The van der Waals surface area contributed by atoms with E-state index < -0.39 is 0 Å². The summed E-state index contributed by atoms with van der Waals surface area (Å²) < 4.78 is 0. The predicted octanol–water partition coefficient (Wildman–Crippen LogP) is 4.77. The number of rotatable bonds is 2. The first-order valence-corrected chi connectivity index (χ1v) is 9.40. The van der Waals surface area contributed by atoms with Gasteiger partial charge in [-0.05, 0) is 42.8 Å². The number of carbonyl (C=O) groups excluding carboxylic acids is 2. The molecule has 1 aliphatic heterocycles.